The Morgan fingerprint density at radius 3 is 3.00 bits per heavy atom. The number of allylic oxidation sites excluding steroid dienone is 4. The number of hydrogen-bond donors (Lipinski definition) is 0. The zero-order valence-electron chi connectivity index (χ0n) is 7.41. The molecule has 12 heavy (non-hydrogen) atoms. The normalized spacial score (nSPS) is 34.3. The van der Waals surface area contributed by atoms with Crippen molar-refractivity contribution in [2.45, 2.75) is 31.8 Å². The van der Waals surface area contributed by atoms with Gasteiger partial charge in [-0.1, -0.05) is 24.3 Å². The molecule has 0 bridgehead atoms. The SMILES string of the molecule is C1=CCC(CC2CCCO2)C=C1. The van der Waals surface area contributed by atoms with E-state index >= 15 is 0 Å². The van der Waals surface area contributed by atoms with Crippen molar-refractivity contribution < 1.29 is 4.74 Å². The molecule has 2 atom stereocenters. The Kier molecular flexibility index (Phi) is 2.62. The second kappa shape index (κ2) is 3.90. The largest absolute Gasteiger partial charge is 0.378 e. The van der Waals surface area contributed by atoms with Crippen molar-refractivity contribution in [3.05, 3.63) is 24.3 Å². The van der Waals surface area contributed by atoms with Crippen molar-refractivity contribution in [2.75, 3.05) is 6.61 Å². The maximum absolute atomic E-state index is 5.60. The first-order valence-electron chi connectivity index (χ1n) is 4.90. The molecule has 1 heterocycles. The van der Waals surface area contributed by atoms with Gasteiger partial charge in [0, 0.05) is 6.61 Å². The van der Waals surface area contributed by atoms with Crippen LogP contribution in [0.3, 0.4) is 0 Å². The van der Waals surface area contributed by atoms with E-state index < -0.39 is 0 Å². The average Bonchev–Trinajstić information content (AvgIpc) is 2.59. The van der Waals surface area contributed by atoms with Gasteiger partial charge in [0.15, 0.2) is 0 Å². The van der Waals surface area contributed by atoms with Crippen LogP contribution >= 0.6 is 0 Å². The molecule has 2 unspecified atom stereocenters. The van der Waals surface area contributed by atoms with Crippen molar-refractivity contribution in [2.24, 2.45) is 5.92 Å². The van der Waals surface area contributed by atoms with Crippen LogP contribution in [0.5, 0.6) is 0 Å². The van der Waals surface area contributed by atoms with Crippen LogP contribution in [0.1, 0.15) is 25.7 Å². The minimum atomic E-state index is 0.547. The molecule has 0 saturated carbocycles. The molecule has 2 rings (SSSR count). The lowest BCUT2D eigenvalue weighted by molar-refractivity contribution is 0.0951. The van der Waals surface area contributed by atoms with Crippen molar-refractivity contribution in [1.82, 2.24) is 0 Å². The molecule has 1 heteroatoms. The highest BCUT2D eigenvalue weighted by atomic mass is 16.5. The number of rotatable bonds is 2. The Balaban J connectivity index is 1.78. The fourth-order valence-electron chi connectivity index (χ4n) is 1.97. The first-order chi connectivity index (χ1) is 5.95. The summed E-state index contributed by atoms with van der Waals surface area (Å²) in [5.41, 5.74) is 0. The molecule has 1 aliphatic heterocycles. The van der Waals surface area contributed by atoms with Crippen LogP contribution in [0.25, 0.3) is 0 Å². The van der Waals surface area contributed by atoms with Crippen LogP contribution in [-0.4, -0.2) is 12.7 Å². The molecule has 1 aliphatic carbocycles. The van der Waals surface area contributed by atoms with E-state index in [1.54, 1.807) is 0 Å². The fourth-order valence-corrected chi connectivity index (χ4v) is 1.97. The van der Waals surface area contributed by atoms with E-state index in [0.29, 0.717) is 6.10 Å². The second-order valence-corrected chi connectivity index (χ2v) is 3.68. The molecular weight excluding hydrogens is 148 g/mol. The molecule has 0 aromatic heterocycles. The maximum Gasteiger partial charge on any atom is 0.0581 e. The van der Waals surface area contributed by atoms with Crippen molar-refractivity contribution in [3.63, 3.8) is 0 Å². The molecule has 0 radical (unpaired) electrons. The van der Waals surface area contributed by atoms with Crippen molar-refractivity contribution >= 4 is 0 Å². The summed E-state index contributed by atoms with van der Waals surface area (Å²) in [5.74, 6) is 0.734. The Bertz CT molecular complexity index is 187. The smallest absolute Gasteiger partial charge is 0.0581 e. The molecule has 0 aromatic carbocycles. The van der Waals surface area contributed by atoms with E-state index in [0.717, 1.165) is 12.5 Å². The molecule has 1 nitrogen and oxygen atoms in total. The van der Waals surface area contributed by atoms with E-state index in [9.17, 15) is 0 Å². The quantitative estimate of drug-likeness (QED) is 0.609. The van der Waals surface area contributed by atoms with Gasteiger partial charge in [0.25, 0.3) is 0 Å². The van der Waals surface area contributed by atoms with Crippen LogP contribution in [0.4, 0.5) is 0 Å². The van der Waals surface area contributed by atoms with E-state index in [1.807, 2.05) is 0 Å². The molecule has 1 saturated heterocycles. The zero-order chi connectivity index (χ0) is 8.23. The van der Waals surface area contributed by atoms with Crippen LogP contribution in [0.2, 0.25) is 0 Å². The number of hydrogen-bond acceptors (Lipinski definition) is 1. The second-order valence-electron chi connectivity index (χ2n) is 3.68. The third kappa shape index (κ3) is 1.98. The van der Waals surface area contributed by atoms with Gasteiger partial charge in [-0.3, -0.25) is 0 Å². The van der Waals surface area contributed by atoms with Crippen LogP contribution < -0.4 is 0 Å². The zero-order valence-corrected chi connectivity index (χ0v) is 7.41. The standard InChI is InChI=1S/C11H16O/c1-2-5-10(6-3-1)9-11-7-4-8-12-11/h1-3,5,10-11H,4,6-9H2. The average molecular weight is 164 g/mol. The van der Waals surface area contributed by atoms with E-state index in [1.165, 1.54) is 25.7 Å². The summed E-state index contributed by atoms with van der Waals surface area (Å²) in [7, 11) is 0. The summed E-state index contributed by atoms with van der Waals surface area (Å²) in [4.78, 5) is 0. The molecule has 0 amide bonds. The highest BCUT2D eigenvalue weighted by molar-refractivity contribution is 5.11. The van der Waals surface area contributed by atoms with Crippen LogP contribution in [0.15, 0.2) is 24.3 Å². The Morgan fingerprint density at radius 1 is 1.33 bits per heavy atom. The molecule has 2 aliphatic rings. The highest BCUT2D eigenvalue weighted by Crippen LogP contribution is 2.24. The highest BCUT2D eigenvalue weighted by Gasteiger charge is 2.18. The van der Waals surface area contributed by atoms with E-state index in [2.05, 4.69) is 24.3 Å². The van der Waals surface area contributed by atoms with Crippen LogP contribution in [-0.2, 0) is 4.74 Å². The molecule has 66 valence electrons. The van der Waals surface area contributed by atoms with E-state index in [-0.39, 0.29) is 0 Å². The Hall–Kier alpha value is -0.560. The number of ether oxygens (including phenoxy) is 1. The molecular formula is C11H16O. The summed E-state index contributed by atoms with van der Waals surface area (Å²) in [6.45, 7) is 0.983. The summed E-state index contributed by atoms with van der Waals surface area (Å²) in [6, 6.07) is 0. The van der Waals surface area contributed by atoms with Gasteiger partial charge in [0.2, 0.25) is 0 Å². The summed E-state index contributed by atoms with van der Waals surface area (Å²) >= 11 is 0. The third-order valence-electron chi connectivity index (χ3n) is 2.66. The predicted octanol–water partition coefficient (Wildman–Crippen LogP) is 2.69. The molecule has 0 spiro atoms. The first-order valence-corrected chi connectivity index (χ1v) is 4.90. The topological polar surface area (TPSA) is 9.23 Å². The Morgan fingerprint density at radius 2 is 2.33 bits per heavy atom. The summed E-state index contributed by atoms with van der Waals surface area (Å²) in [6.07, 6.45) is 14.4. The molecule has 0 aromatic rings. The van der Waals surface area contributed by atoms with Gasteiger partial charge in [-0.15, -0.1) is 0 Å². The van der Waals surface area contributed by atoms with Gasteiger partial charge in [-0.05, 0) is 31.6 Å². The summed E-state index contributed by atoms with van der Waals surface area (Å²) in [5, 5.41) is 0. The van der Waals surface area contributed by atoms with E-state index in [4.69, 9.17) is 4.74 Å². The van der Waals surface area contributed by atoms with Crippen LogP contribution in [0, 0.1) is 5.92 Å². The van der Waals surface area contributed by atoms with Gasteiger partial charge in [-0.25, -0.2) is 0 Å². The lowest BCUT2D eigenvalue weighted by Gasteiger charge is -2.16. The Labute approximate surface area is 74.1 Å². The van der Waals surface area contributed by atoms with Gasteiger partial charge < -0.3 is 4.74 Å². The first kappa shape index (κ1) is 8.06. The lowest BCUT2D eigenvalue weighted by Crippen LogP contribution is -2.11. The third-order valence-corrected chi connectivity index (χ3v) is 2.66. The van der Waals surface area contributed by atoms with Gasteiger partial charge in [0.05, 0.1) is 6.10 Å². The van der Waals surface area contributed by atoms with Crippen molar-refractivity contribution in [3.8, 4) is 0 Å². The monoisotopic (exact) mass is 164 g/mol. The maximum atomic E-state index is 5.60. The van der Waals surface area contributed by atoms with Gasteiger partial charge in [0.1, 0.15) is 0 Å². The summed E-state index contributed by atoms with van der Waals surface area (Å²) < 4.78 is 5.60. The minimum absolute atomic E-state index is 0.547. The molecule has 0 N–H and O–H groups in total. The van der Waals surface area contributed by atoms with Gasteiger partial charge >= 0.3 is 0 Å². The molecule has 1 fully saturated rings. The van der Waals surface area contributed by atoms with Gasteiger partial charge in [-0.2, -0.15) is 0 Å². The predicted molar refractivity (Wildman–Crippen MR) is 50.0 cm³/mol. The fraction of sp³-hybridized carbons (Fsp3) is 0.636. The lowest BCUT2D eigenvalue weighted by atomic mass is 9.94. The minimum Gasteiger partial charge on any atom is -0.378 e. The van der Waals surface area contributed by atoms with Crippen molar-refractivity contribution in [1.29, 1.82) is 0 Å².